The van der Waals surface area contributed by atoms with E-state index in [4.69, 9.17) is 4.74 Å². The number of benzene rings is 2. The molecule has 2 rings (SSSR count). The summed E-state index contributed by atoms with van der Waals surface area (Å²) in [6, 6.07) is 17.3. The zero-order chi connectivity index (χ0) is 13.5. The van der Waals surface area contributed by atoms with Gasteiger partial charge < -0.3 is 9.84 Å². The second-order valence-electron chi connectivity index (χ2n) is 4.67. The predicted octanol–water partition coefficient (Wildman–Crippen LogP) is 4.35. The number of hydrogen-bond acceptors (Lipinski definition) is 2. The van der Waals surface area contributed by atoms with E-state index < -0.39 is 0 Å². The van der Waals surface area contributed by atoms with Crippen LogP contribution in [-0.4, -0.2) is 11.7 Å². The van der Waals surface area contributed by atoms with Gasteiger partial charge in [-0.05, 0) is 24.6 Å². The lowest BCUT2D eigenvalue weighted by atomic mass is 9.94. The van der Waals surface area contributed by atoms with Gasteiger partial charge in [-0.25, -0.2) is 0 Å². The van der Waals surface area contributed by atoms with Crippen molar-refractivity contribution in [3.05, 3.63) is 60.2 Å². The summed E-state index contributed by atoms with van der Waals surface area (Å²) >= 11 is 0. The molecule has 0 aliphatic carbocycles. The Kier molecular flexibility index (Phi) is 4.85. The average molecular weight is 256 g/mol. The Bertz CT molecular complexity index is 494. The molecule has 2 nitrogen and oxygen atoms in total. The van der Waals surface area contributed by atoms with E-state index in [1.54, 1.807) is 6.07 Å². The highest BCUT2D eigenvalue weighted by molar-refractivity contribution is 5.35. The molecule has 19 heavy (non-hydrogen) atoms. The van der Waals surface area contributed by atoms with Crippen molar-refractivity contribution in [1.29, 1.82) is 0 Å². The van der Waals surface area contributed by atoms with Crippen LogP contribution < -0.4 is 4.74 Å². The average Bonchev–Trinajstić information content (AvgIpc) is 2.45. The van der Waals surface area contributed by atoms with E-state index in [2.05, 4.69) is 6.92 Å². The van der Waals surface area contributed by atoms with E-state index in [9.17, 15) is 5.11 Å². The Morgan fingerprint density at radius 1 is 1.00 bits per heavy atom. The van der Waals surface area contributed by atoms with Gasteiger partial charge in [0.05, 0.1) is 6.61 Å². The highest BCUT2D eigenvalue weighted by Gasteiger charge is 2.15. The van der Waals surface area contributed by atoms with Gasteiger partial charge in [-0.1, -0.05) is 49.7 Å². The number of aromatic hydroxyl groups is 1. The Morgan fingerprint density at radius 3 is 2.37 bits per heavy atom. The molecule has 0 aromatic heterocycles. The molecule has 0 fully saturated rings. The zero-order valence-corrected chi connectivity index (χ0v) is 11.3. The van der Waals surface area contributed by atoms with Crippen molar-refractivity contribution in [2.45, 2.75) is 25.7 Å². The summed E-state index contributed by atoms with van der Waals surface area (Å²) in [5.74, 6) is 1.46. The van der Waals surface area contributed by atoms with Gasteiger partial charge in [0.2, 0.25) is 0 Å². The van der Waals surface area contributed by atoms with E-state index >= 15 is 0 Å². The van der Waals surface area contributed by atoms with Crippen LogP contribution in [0.3, 0.4) is 0 Å². The van der Waals surface area contributed by atoms with Crippen LogP contribution in [0.4, 0.5) is 0 Å². The third kappa shape index (κ3) is 3.75. The van der Waals surface area contributed by atoms with Gasteiger partial charge in [-0.15, -0.1) is 0 Å². The summed E-state index contributed by atoms with van der Waals surface area (Å²) in [5, 5.41) is 9.95. The van der Waals surface area contributed by atoms with E-state index in [1.807, 2.05) is 48.5 Å². The quantitative estimate of drug-likeness (QED) is 0.832. The van der Waals surface area contributed by atoms with Crippen molar-refractivity contribution in [2.24, 2.45) is 0 Å². The molecule has 0 amide bonds. The van der Waals surface area contributed by atoms with Gasteiger partial charge in [-0.3, -0.25) is 0 Å². The molecule has 1 N–H and O–H groups in total. The number of rotatable bonds is 6. The number of ether oxygens (including phenoxy) is 1. The molecule has 1 atom stereocenters. The third-order valence-electron chi connectivity index (χ3n) is 3.21. The first-order valence-electron chi connectivity index (χ1n) is 6.77. The number of phenols is 1. The van der Waals surface area contributed by atoms with Crippen LogP contribution in [0.5, 0.6) is 11.5 Å². The summed E-state index contributed by atoms with van der Waals surface area (Å²) in [6.45, 7) is 2.74. The Labute approximate surface area is 114 Å². The van der Waals surface area contributed by atoms with Crippen molar-refractivity contribution in [3.63, 3.8) is 0 Å². The maximum atomic E-state index is 9.95. The highest BCUT2D eigenvalue weighted by atomic mass is 16.5. The molecule has 0 aliphatic heterocycles. The number of para-hydroxylation sites is 2. The van der Waals surface area contributed by atoms with Crippen molar-refractivity contribution >= 4 is 0 Å². The minimum Gasteiger partial charge on any atom is -0.508 e. The normalized spacial score (nSPS) is 12.1. The van der Waals surface area contributed by atoms with Gasteiger partial charge in [0.15, 0.2) is 0 Å². The lowest BCUT2D eigenvalue weighted by Gasteiger charge is -2.18. The van der Waals surface area contributed by atoms with Gasteiger partial charge in [0.1, 0.15) is 11.5 Å². The molecule has 0 saturated heterocycles. The standard InChI is InChI=1S/C17H20O2/c1-2-8-14(16-11-6-7-12-17(16)18)13-19-15-9-4-3-5-10-15/h3-7,9-12,14,18H,2,8,13H2,1H3. The molecule has 2 heteroatoms. The molecule has 2 aromatic carbocycles. The summed E-state index contributed by atoms with van der Waals surface area (Å²) < 4.78 is 5.82. The largest absolute Gasteiger partial charge is 0.508 e. The van der Waals surface area contributed by atoms with Crippen LogP contribution in [-0.2, 0) is 0 Å². The minimum absolute atomic E-state index is 0.228. The van der Waals surface area contributed by atoms with Gasteiger partial charge in [-0.2, -0.15) is 0 Å². The van der Waals surface area contributed by atoms with Gasteiger partial charge in [0.25, 0.3) is 0 Å². The Morgan fingerprint density at radius 2 is 1.68 bits per heavy atom. The first kappa shape index (κ1) is 13.5. The topological polar surface area (TPSA) is 29.5 Å². The van der Waals surface area contributed by atoms with Crippen molar-refractivity contribution in [3.8, 4) is 11.5 Å². The monoisotopic (exact) mass is 256 g/mol. The van der Waals surface area contributed by atoms with Gasteiger partial charge in [0, 0.05) is 11.5 Å². The molecule has 100 valence electrons. The molecular weight excluding hydrogens is 236 g/mol. The SMILES string of the molecule is CCCC(COc1ccccc1)c1ccccc1O. The first-order chi connectivity index (χ1) is 9.31. The summed E-state index contributed by atoms with van der Waals surface area (Å²) in [5.41, 5.74) is 0.972. The lowest BCUT2D eigenvalue weighted by molar-refractivity contribution is 0.277. The second kappa shape index (κ2) is 6.83. The van der Waals surface area contributed by atoms with Crippen LogP contribution in [0.15, 0.2) is 54.6 Å². The fraction of sp³-hybridized carbons (Fsp3) is 0.294. The maximum absolute atomic E-state index is 9.95. The fourth-order valence-corrected chi connectivity index (χ4v) is 2.22. The van der Waals surface area contributed by atoms with Crippen LogP contribution in [0, 0.1) is 0 Å². The summed E-state index contributed by atoms with van der Waals surface area (Å²) in [4.78, 5) is 0. The minimum atomic E-state index is 0.228. The van der Waals surface area contributed by atoms with E-state index in [0.29, 0.717) is 12.4 Å². The molecule has 0 saturated carbocycles. The molecule has 0 spiro atoms. The highest BCUT2D eigenvalue weighted by Crippen LogP contribution is 2.29. The number of phenolic OH excluding ortho intramolecular Hbond substituents is 1. The van der Waals surface area contributed by atoms with Gasteiger partial charge >= 0.3 is 0 Å². The molecule has 0 radical (unpaired) electrons. The molecule has 1 unspecified atom stereocenters. The van der Waals surface area contributed by atoms with Crippen molar-refractivity contribution in [2.75, 3.05) is 6.61 Å². The van der Waals surface area contributed by atoms with Crippen LogP contribution >= 0.6 is 0 Å². The fourth-order valence-electron chi connectivity index (χ4n) is 2.22. The Hall–Kier alpha value is -1.96. The third-order valence-corrected chi connectivity index (χ3v) is 3.21. The number of hydrogen-bond donors (Lipinski definition) is 1. The van der Waals surface area contributed by atoms with E-state index in [1.165, 1.54) is 0 Å². The summed E-state index contributed by atoms with van der Waals surface area (Å²) in [6.07, 6.45) is 2.07. The summed E-state index contributed by atoms with van der Waals surface area (Å²) in [7, 11) is 0. The zero-order valence-electron chi connectivity index (χ0n) is 11.3. The van der Waals surface area contributed by atoms with Crippen molar-refractivity contribution in [1.82, 2.24) is 0 Å². The van der Waals surface area contributed by atoms with Crippen LogP contribution in [0.2, 0.25) is 0 Å². The molecular formula is C17H20O2. The van der Waals surface area contributed by atoms with E-state index in [0.717, 1.165) is 24.2 Å². The molecule has 2 aromatic rings. The smallest absolute Gasteiger partial charge is 0.119 e. The lowest BCUT2D eigenvalue weighted by Crippen LogP contribution is -2.10. The van der Waals surface area contributed by atoms with E-state index in [-0.39, 0.29) is 5.92 Å². The van der Waals surface area contributed by atoms with Crippen molar-refractivity contribution < 1.29 is 9.84 Å². The Balaban J connectivity index is 2.07. The predicted molar refractivity (Wildman–Crippen MR) is 77.7 cm³/mol. The molecule has 0 bridgehead atoms. The van der Waals surface area contributed by atoms with Crippen LogP contribution in [0.25, 0.3) is 0 Å². The van der Waals surface area contributed by atoms with Crippen LogP contribution in [0.1, 0.15) is 31.2 Å². The molecule has 0 aliphatic rings. The maximum Gasteiger partial charge on any atom is 0.119 e. The molecule has 0 heterocycles. The second-order valence-corrected chi connectivity index (χ2v) is 4.67. The first-order valence-corrected chi connectivity index (χ1v) is 6.77.